The fourth-order valence-electron chi connectivity index (χ4n) is 2.47. The van der Waals surface area contributed by atoms with Gasteiger partial charge in [0.05, 0.1) is 23.6 Å². The molecule has 9 heteroatoms. The number of carbonyl (C=O) groups is 1. The summed E-state index contributed by atoms with van der Waals surface area (Å²) in [5.74, 6) is 1.94. The summed E-state index contributed by atoms with van der Waals surface area (Å²) in [5, 5.41) is 13.1. The summed E-state index contributed by atoms with van der Waals surface area (Å²) in [7, 11) is 0. The maximum atomic E-state index is 12.1. The Balaban J connectivity index is 1.85. The molecule has 0 saturated heterocycles. The minimum atomic E-state index is -0.0441. The molecule has 0 spiro atoms. The molecular formula is C19H20Cl2N4O2S. The Morgan fingerprint density at radius 3 is 2.79 bits per heavy atom. The summed E-state index contributed by atoms with van der Waals surface area (Å²) < 4.78 is 7.36. The zero-order chi connectivity index (χ0) is 20.1. The van der Waals surface area contributed by atoms with Crippen LogP contribution < -0.4 is 5.32 Å². The van der Waals surface area contributed by atoms with Gasteiger partial charge in [-0.1, -0.05) is 48.8 Å². The smallest absolute Gasteiger partial charge is 0.230 e. The van der Waals surface area contributed by atoms with Crippen molar-refractivity contribution in [2.45, 2.75) is 25.5 Å². The maximum absolute atomic E-state index is 12.1. The van der Waals surface area contributed by atoms with E-state index >= 15 is 0 Å². The van der Waals surface area contributed by atoms with E-state index in [0.29, 0.717) is 45.6 Å². The van der Waals surface area contributed by atoms with Gasteiger partial charge in [0.25, 0.3) is 0 Å². The lowest BCUT2D eigenvalue weighted by molar-refractivity contribution is -0.118. The molecule has 0 aliphatic heterocycles. The third-order valence-electron chi connectivity index (χ3n) is 3.82. The van der Waals surface area contributed by atoms with Gasteiger partial charge < -0.3 is 9.73 Å². The lowest BCUT2D eigenvalue weighted by Gasteiger charge is -2.10. The number of aromatic nitrogens is 3. The van der Waals surface area contributed by atoms with Crippen LogP contribution in [0.1, 0.15) is 19.6 Å². The Morgan fingerprint density at radius 1 is 1.29 bits per heavy atom. The summed E-state index contributed by atoms with van der Waals surface area (Å²) in [6, 6.07) is 8.91. The van der Waals surface area contributed by atoms with Crippen molar-refractivity contribution in [2.24, 2.45) is 5.92 Å². The third kappa shape index (κ3) is 5.31. The normalized spacial score (nSPS) is 11.2. The Hall–Kier alpha value is -1.96. The van der Waals surface area contributed by atoms with Crippen molar-refractivity contribution in [3.63, 3.8) is 0 Å². The highest BCUT2D eigenvalue weighted by molar-refractivity contribution is 7.99. The zero-order valence-electron chi connectivity index (χ0n) is 15.5. The average Bonchev–Trinajstić information content (AvgIpc) is 3.29. The number of amides is 1. The highest BCUT2D eigenvalue weighted by atomic mass is 35.5. The van der Waals surface area contributed by atoms with Crippen LogP contribution in [0.5, 0.6) is 0 Å². The first-order valence-corrected chi connectivity index (χ1v) is 10.5. The van der Waals surface area contributed by atoms with Gasteiger partial charge in [0, 0.05) is 17.1 Å². The molecule has 2 aromatic heterocycles. The highest BCUT2D eigenvalue weighted by Crippen LogP contribution is 2.32. The van der Waals surface area contributed by atoms with Crippen molar-refractivity contribution in [1.82, 2.24) is 20.1 Å². The third-order valence-corrected chi connectivity index (χ3v) is 5.34. The van der Waals surface area contributed by atoms with Crippen LogP contribution in [0.25, 0.3) is 11.4 Å². The van der Waals surface area contributed by atoms with E-state index in [2.05, 4.69) is 29.4 Å². The SMILES string of the molecule is CC(C)CNC(=O)CSc1nnc(-c2ccc(Cl)cc2Cl)n1Cc1ccco1. The number of thioether (sulfide) groups is 1. The van der Waals surface area contributed by atoms with Crippen molar-refractivity contribution < 1.29 is 9.21 Å². The average molecular weight is 439 g/mol. The minimum absolute atomic E-state index is 0.0441. The van der Waals surface area contributed by atoms with E-state index in [4.69, 9.17) is 27.6 Å². The fourth-order valence-corrected chi connectivity index (χ4v) is 3.73. The van der Waals surface area contributed by atoms with Gasteiger partial charge in [0.1, 0.15) is 5.76 Å². The first-order valence-electron chi connectivity index (χ1n) is 8.74. The number of hydrogen-bond donors (Lipinski definition) is 1. The zero-order valence-corrected chi connectivity index (χ0v) is 17.8. The molecule has 3 rings (SSSR count). The Labute approximate surface area is 177 Å². The monoisotopic (exact) mass is 438 g/mol. The standard InChI is InChI=1S/C19H20Cl2N4O2S/c1-12(2)9-22-17(26)11-28-19-24-23-18(15-6-5-13(20)8-16(15)21)25(19)10-14-4-3-7-27-14/h3-8,12H,9-11H2,1-2H3,(H,22,26). The molecule has 6 nitrogen and oxygen atoms in total. The second kappa shape index (κ2) is 9.49. The van der Waals surface area contributed by atoms with Gasteiger partial charge in [0.15, 0.2) is 11.0 Å². The fraction of sp³-hybridized carbons (Fsp3) is 0.316. The molecule has 0 fully saturated rings. The Kier molecular flexibility index (Phi) is 7.04. The molecule has 28 heavy (non-hydrogen) atoms. The van der Waals surface area contributed by atoms with E-state index < -0.39 is 0 Å². The summed E-state index contributed by atoms with van der Waals surface area (Å²) in [6.45, 7) is 5.17. The summed E-state index contributed by atoms with van der Waals surface area (Å²) >= 11 is 13.7. The second-order valence-electron chi connectivity index (χ2n) is 6.58. The first-order chi connectivity index (χ1) is 13.4. The maximum Gasteiger partial charge on any atom is 0.230 e. The van der Waals surface area contributed by atoms with Crippen molar-refractivity contribution in [3.8, 4) is 11.4 Å². The Bertz CT molecular complexity index is 942. The van der Waals surface area contributed by atoms with Crippen LogP contribution in [0.15, 0.2) is 46.2 Å². The van der Waals surface area contributed by atoms with Crippen molar-refractivity contribution in [1.29, 1.82) is 0 Å². The highest BCUT2D eigenvalue weighted by Gasteiger charge is 2.19. The predicted octanol–water partition coefficient (Wildman–Crippen LogP) is 4.76. The van der Waals surface area contributed by atoms with E-state index in [0.717, 1.165) is 5.76 Å². The van der Waals surface area contributed by atoms with E-state index in [1.807, 2.05) is 16.7 Å². The van der Waals surface area contributed by atoms with Crippen LogP contribution in [-0.4, -0.2) is 33.0 Å². The van der Waals surface area contributed by atoms with Gasteiger partial charge in [-0.15, -0.1) is 10.2 Å². The van der Waals surface area contributed by atoms with Crippen LogP contribution in [0.4, 0.5) is 0 Å². The molecule has 0 radical (unpaired) electrons. The van der Waals surface area contributed by atoms with Gasteiger partial charge in [-0.05, 0) is 36.2 Å². The summed E-state index contributed by atoms with van der Waals surface area (Å²) in [5.41, 5.74) is 0.709. The molecule has 0 atom stereocenters. The Morgan fingerprint density at radius 2 is 2.11 bits per heavy atom. The number of furan rings is 1. The number of benzene rings is 1. The number of nitrogens with zero attached hydrogens (tertiary/aromatic N) is 3. The largest absolute Gasteiger partial charge is 0.467 e. The van der Waals surface area contributed by atoms with Crippen LogP contribution in [-0.2, 0) is 11.3 Å². The molecule has 0 bridgehead atoms. The molecule has 1 aromatic carbocycles. The lowest BCUT2D eigenvalue weighted by atomic mass is 10.2. The topological polar surface area (TPSA) is 73.0 Å². The number of hydrogen-bond acceptors (Lipinski definition) is 5. The van der Waals surface area contributed by atoms with Crippen LogP contribution in [0.2, 0.25) is 10.0 Å². The van der Waals surface area contributed by atoms with E-state index in [9.17, 15) is 4.79 Å². The summed E-state index contributed by atoms with van der Waals surface area (Å²) in [6.07, 6.45) is 1.61. The molecular weight excluding hydrogens is 419 g/mol. The van der Waals surface area contributed by atoms with Crippen molar-refractivity contribution >= 4 is 40.9 Å². The van der Waals surface area contributed by atoms with Gasteiger partial charge in [-0.2, -0.15) is 0 Å². The first kappa shape index (κ1) is 20.8. The van der Waals surface area contributed by atoms with Crippen molar-refractivity contribution in [2.75, 3.05) is 12.3 Å². The predicted molar refractivity (Wildman–Crippen MR) is 112 cm³/mol. The molecule has 2 heterocycles. The van der Waals surface area contributed by atoms with E-state index in [1.54, 1.807) is 24.5 Å². The number of rotatable bonds is 8. The summed E-state index contributed by atoms with van der Waals surface area (Å²) in [4.78, 5) is 12.1. The molecule has 0 unspecified atom stereocenters. The minimum Gasteiger partial charge on any atom is -0.467 e. The van der Waals surface area contributed by atoms with Gasteiger partial charge in [-0.3, -0.25) is 9.36 Å². The lowest BCUT2D eigenvalue weighted by Crippen LogP contribution is -2.28. The van der Waals surface area contributed by atoms with Crippen molar-refractivity contribution in [3.05, 3.63) is 52.4 Å². The quantitative estimate of drug-likeness (QED) is 0.513. The molecule has 1 N–H and O–H groups in total. The second-order valence-corrected chi connectivity index (χ2v) is 8.37. The number of carbonyl (C=O) groups excluding carboxylic acids is 1. The van der Waals surface area contributed by atoms with E-state index in [1.165, 1.54) is 11.8 Å². The van der Waals surface area contributed by atoms with Crippen LogP contribution in [0, 0.1) is 5.92 Å². The van der Waals surface area contributed by atoms with Gasteiger partial charge in [0.2, 0.25) is 5.91 Å². The molecule has 1 amide bonds. The molecule has 0 aliphatic carbocycles. The number of nitrogens with one attached hydrogen (secondary N) is 1. The molecule has 0 saturated carbocycles. The van der Waals surface area contributed by atoms with Crippen LogP contribution in [0.3, 0.4) is 0 Å². The van der Waals surface area contributed by atoms with Crippen LogP contribution >= 0.6 is 35.0 Å². The molecule has 3 aromatic rings. The molecule has 0 aliphatic rings. The number of halogens is 2. The molecule has 148 valence electrons. The van der Waals surface area contributed by atoms with Gasteiger partial charge in [-0.25, -0.2) is 0 Å². The van der Waals surface area contributed by atoms with Gasteiger partial charge >= 0.3 is 0 Å². The van der Waals surface area contributed by atoms with E-state index in [-0.39, 0.29) is 11.7 Å².